The van der Waals surface area contributed by atoms with Crippen LogP contribution in [0.3, 0.4) is 0 Å². The van der Waals surface area contributed by atoms with Gasteiger partial charge in [0.05, 0.1) is 5.56 Å². The molecule has 0 spiro atoms. The molecule has 31 heavy (non-hydrogen) atoms. The summed E-state index contributed by atoms with van der Waals surface area (Å²) in [6, 6.07) is 9.66. The zero-order valence-corrected chi connectivity index (χ0v) is 18.5. The second-order valence-electron chi connectivity index (χ2n) is 8.86. The van der Waals surface area contributed by atoms with Gasteiger partial charge >= 0.3 is 6.18 Å². The Hall–Kier alpha value is -2.10. The summed E-state index contributed by atoms with van der Waals surface area (Å²) in [6.07, 6.45) is 2.97. The van der Waals surface area contributed by atoms with Gasteiger partial charge in [0.2, 0.25) is 0 Å². The van der Waals surface area contributed by atoms with Gasteiger partial charge in [-0.25, -0.2) is 4.39 Å². The molecule has 3 rings (SSSR count). The first kappa shape index (κ1) is 23.6. The summed E-state index contributed by atoms with van der Waals surface area (Å²) < 4.78 is 57.2. The van der Waals surface area contributed by atoms with Crippen LogP contribution in [0.1, 0.15) is 78.3 Å². The highest BCUT2D eigenvalue weighted by molar-refractivity contribution is 5.44. The highest BCUT2D eigenvalue weighted by Crippen LogP contribution is 2.43. The van der Waals surface area contributed by atoms with Gasteiger partial charge in [0, 0.05) is 0 Å². The summed E-state index contributed by atoms with van der Waals surface area (Å²) in [5, 5.41) is 0. The Morgan fingerprint density at radius 3 is 2.06 bits per heavy atom. The minimum atomic E-state index is -4.70. The van der Waals surface area contributed by atoms with Crippen molar-refractivity contribution in [2.45, 2.75) is 77.3 Å². The highest BCUT2D eigenvalue weighted by Gasteiger charge is 2.39. The first-order valence-corrected chi connectivity index (χ1v) is 11.3. The Morgan fingerprint density at radius 1 is 0.968 bits per heavy atom. The molecule has 4 heteroatoms. The molecule has 0 N–H and O–H groups in total. The lowest BCUT2D eigenvalue weighted by Crippen LogP contribution is -2.19. The minimum absolute atomic E-state index is 0.0890. The van der Waals surface area contributed by atoms with Gasteiger partial charge in [-0.3, -0.25) is 0 Å². The molecule has 1 aliphatic carbocycles. The van der Waals surface area contributed by atoms with Crippen LogP contribution in [-0.2, 0) is 25.4 Å². The Morgan fingerprint density at radius 2 is 1.55 bits per heavy atom. The third-order valence-electron chi connectivity index (χ3n) is 6.68. The van der Waals surface area contributed by atoms with E-state index in [9.17, 15) is 13.2 Å². The average Bonchev–Trinajstić information content (AvgIpc) is 2.74. The van der Waals surface area contributed by atoms with Crippen molar-refractivity contribution >= 4 is 0 Å². The van der Waals surface area contributed by atoms with Crippen LogP contribution < -0.4 is 0 Å². The van der Waals surface area contributed by atoms with E-state index in [1.807, 2.05) is 30.3 Å². The Balaban J connectivity index is 1.88. The van der Waals surface area contributed by atoms with Gasteiger partial charge in [-0.15, -0.1) is 6.58 Å². The second kappa shape index (κ2) is 10.0. The number of rotatable bonds is 7. The van der Waals surface area contributed by atoms with E-state index < -0.39 is 17.6 Å². The average molecular weight is 433 g/mol. The van der Waals surface area contributed by atoms with Gasteiger partial charge in [0.25, 0.3) is 0 Å². The summed E-state index contributed by atoms with van der Waals surface area (Å²) in [5.74, 6) is -0.838. The molecule has 0 aromatic heterocycles. The first-order chi connectivity index (χ1) is 14.7. The van der Waals surface area contributed by atoms with Gasteiger partial charge in [-0.05, 0) is 91.5 Å². The molecule has 0 saturated heterocycles. The van der Waals surface area contributed by atoms with E-state index in [1.165, 1.54) is 5.56 Å². The van der Waals surface area contributed by atoms with Crippen molar-refractivity contribution < 1.29 is 17.6 Å². The van der Waals surface area contributed by atoms with E-state index >= 15 is 4.39 Å². The van der Waals surface area contributed by atoms with Crippen LogP contribution in [0.15, 0.2) is 43.0 Å². The zero-order chi connectivity index (χ0) is 22.6. The molecule has 1 saturated carbocycles. The van der Waals surface area contributed by atoms with Crippen molar-refractivity contribution in [3.05, 3.63) is 82.2 Å². The van der Waals surface area contributed by atoms with Crippen LogP contribution >= 0.6 is 0 Å². The third kappa shape index (κ3) is 5.58. The maximum atomic E-state index is 15.3. The zero-order valence-electron chi connectivity index (χ0n) is 18.5. The van der Waals surface area contributed by atoms with Crippen LogP contribution in [0.2, 0.25) is 0 Å². The molecule has 0 heterocycles. The smallest absolute Gasteiger partial charge is 0.206 e. The van der Waals surface area contributed by atoms with Gasteiger partial charge in [-0.1, -0.05) is 49.8 Å². The molecule has 2 aromatic rings. The molecular weight excluding hydrogens is 400 g/mol. The van der Waals surface area contributed by atoms with Crippen molar-refractivity contribution in [2.75, 3.05) is 0 Å². The second-order valence-corrected chi connectivity index (χ2v) is 8.86. The number of hydrogen-bond acceptors (Lipinski definition) is 0. The van der Waals surface area contributed by atoms with Crippen LogP contribution in [0, 0.1) is 18.7 Å². The number of benzene rings is 2. The van der Waals surface area contributed by atoms with E-state index in [0.29, 0.717) is 30.7 Å². The molecule has 2 aromatic carbocycles. The van der Waals surface area contributed by atoms with Crippen molar-refractivity contribution in [1.29, 1.82) is 0 Å². The lowest BCUT2D eigenvalue weighted by Gasteiger charge is -2.29. The molecule has 1 aliphatic rings. The van der Waals surface area contributed by atoms with Crippen LogP contribution in [0.4, 0.5) is 17.6 Å². The fraction of sp³-hybridized carbons (Fsp3) is 0.481. The van der Waals surface area contributed by atoms with E-state index in [-0.39, 0.29) is 23.5 Å². The summed E-state index contributed by atoms with van der Waals surface area (Å²) in [5.41, 5.74) is 2.00. The fourth-order valence-electron chi connectivity index (χ4n) is 4.87. The molecule has 0 radical (unpaired) electrons. The molecule has 1 fully saturated rings. The molecule has 0 amide bonds. The molecule has 0 aliphatic heterocycles. The summed E-state index contributed by atoms with van der Waals surface area (Å²) in [4.78, 5) is 0. The van der Waals surface area contributed by atoms with Crippen LogP contribution in [0.5, 0.6) is 0 Å². The van der Waals surface area contributed by atoms with E-state index in [4.69, 9.17) is 0 Å². The lowest BCUT2D eigenvalue weighted by atomic mass is 9.77. The minimum Gasteiger partial charge on any atom is -0.206 e. The Labute approximate surface area is 183 Å². The molecule has 0 atom stereocenters. The van der Waals surface area contributed by atoms with E-state index in [1.54, 1.807) is 13.0 Å². The Kier molecular flexibility index (Phi) is 7.61. The fourth-order valence-corrected chi connectivity index (χ4v) is 4.87. The summed E-state index contributed by atoms with van der Waals surface area (Å²) in [7, 11) is 0. The summed E-state index contributed by atoms with van der Waals surface area (Å²) in [6.45, 7) is 7.61. The predicted molar refractivity (Wildman–Crippen MR) is 119 cm³/mol. The number of aryl methyl sites for hydroxylation is 3. The summed E-state index contributed by atoms with van der Waals surface area (Å²) >= 11 is 0. The maximum Gasteiger partial charge on any atom is 0.419 e. The van der Waals surface area contributed by atoms with Crippen molar-refractivity contribution in [3.8, 4) is 0 Å². The number of alkyl halides is 3. The topological polar surface area (TPSA) is 0 Å². The standard InChI is InChI=1S/C27H32F4/c1-4-6-20-7-9-21(10-8-20)13-16-23-18(3)17-24(26(28)25(23)27(29,30)31)22-14-11-19(5-2)12-15-22/h5,7-10,17,19,22H,2,4,6,11-16H2,1,3H3. The van der Waals surface area contributed by atoms with E-state index in [0.717, 1.165) is 31.2 Å². The number of allylic oxidation sites excluding steroid dienone is 1. The molecule has 168 valence electrons. The van der Waals surface area contributed by atoms with Gasteiger partial charge < -0.3 is 0 Å². The third-order valence-corrected chi connectivity index (χ3v) is 6.68. The number of halogens is 4. The molecule has 0 bridgehead atoms. The largest absolute Gasteiger partial charge is 0.419 e. The van der Waals surface area contributed by atoms with Crippen LogP contribution in [-0.4, -0.2) is 0 Å². The lowest BCUT2D eigenvalue weighted by molar-refractivity contribution is -0.140. The van der Waals surface area contributed by atoms with Gasteiger partial charge in [-0.2, -0.15) is 13.2 Å². The van der Waals surface area contributed by atoms with Crippen molar-refractivity contribution in [3.63, 3.8) is 0 Å². The molecule has 0 nitrogen and oxygen atoms in total. The monoisotopic (exact) mass is 432 g/mol. The number of hydrogen-bond donors (Lipinski definition) is 0. The van der Waals surface area contributed by atoms with Crippen molar-refractivity contribution in [1.82, 2.24) is 0 Å². The Bertz CT molecular complexity index is 885. The van der Waals surface area contributed by atoms with Crippen LogP contribution in [0.25, 0.3) is 0 Å². The maximum absolute atomic E-state index is 15.3. The van der Waals surface area contributed by atoms with E-state index in [2.05, 4.69) is 13.5 Å². The first-order valence-electron chi connectivity index (χ1n) is 11.3. The van der Waals surface area contributed by atoms with Crippen molar-refractivity contribution in [2.24, 2.45) is 5.92 Å². The highest BCUT2D eigenvalue weighted by atomic mass is 19.4. The van der Waals surface area contributed by atoms with Gasteiger partial charge in [0.1, 0.15) is 5.82 Å². The molecule has 0 unspecified atom stereocenters. The predicted octanol–water partition coefficient (Wildman–Crippen LogP) is 8.35. The molecular formula is C27H32F4. The normalized spacial score (nSPS) is 19.4. The SMILES string of the molecule is C=CC1CCC(c2cc(C)c(CCc3ccc(CCC)cc3)c(C(F)(F)F)c2F)CC1. The van der Waals surface area contributed by atoms with Gasteiger partial charge in [0.15, 0.2) is 0 Å². The quantitative estimate of drug-likeness (QED) is 0.305.